The number of carboxylic acids is 1. The zero-order chi connectivity index (χ0) is 12.5. The SMILES string of the molecule is CCC1(C(=O)O)CCN(C2CCC(C)C2)CC1. The Balaban J connectivity index is 1.91. The van der Waals surface area contributed by atoms with Crippen LogP contribution >= 0.6 is 0 Å². The number of hydrogen-bond donors (Lipinski definition) is 1. The molecule has 0 aromatic rings. The van der Waals surface area contributed by atoms with E-state index in [-0.39, 0.29) is 0 Å². The Bertz CT molecular complexity index is 282. The van der Waals surface area contributed by atoms with Gasteiger partial charge in [0.15, 0.2) is 0 Å². The topological polar surface area (TPSA) is 40.5 Å². The second-order valence-electron chi connectivity index (χ2n) is 6.05. The number of nitrogens with zero attached hydrogens (tertiary/aromatic N) is 1. The standard InChI is InChI=1S/C14H25NO2/c1-3-14(13(16)17)6-8-15(9-7-14)12-5-4-11(2)10-12/h11-12H,3-10H2,1-2H3,(H,16,17). The summed E-state index contributed by atoms with van der Waals surface area (Å²) in [5.41, 5.74) is -0.430. The molecular formula is C14H25NO2. The molecule has 0 spiro atoms. The lowest BCUT2D eigenvalue weighted by Crippen LogP contribution is -2.47. The van der Waals surface area contributed by atoms with E-state index < -0.39 is 11.4 Å². The molecule has 98 valence electrons. The Kier molecular flexibility index (Phi) is 3.76. The third-order valence-electron chi connectivity index (χ3n) is 5.07. The average molecular weight is 239 g/mol. The van der Waals surface area contributed by atoms with Gasteiger partial charge in [-0.1, -0.05) is 13.8 Å². The molecule has 0 bridgehead atoms. The smallest absolute Gasteiger partial charge is 0.309 e. The minimum Gasteiger partial charge on any atom is -0.481 e. The van der Waals surface area contributed by atoms with Crippen molar-refractivity contribution in [3.63, 3.8) is 0 Å². The Morgan fingerprint density at radius 3 is 2.41 bits per heavy atom. The fourth-order valence-electron chi connectivity index (χ4n) is 3.54. The van der Waals surface area contributed by atoms with E-state index in [1.165, 1.54) is 19.3 Å². The maximum Gasteiger partial charge on any atom is 0.309 e. The van der Waals surface area contributed by atoms with Crippen molar-refractivity contribution in [2.75, 3.05) is 13.1 Å². The molecule has 1 saturated heterocycles. The summed E-state index contributed by atoms with van der Waals surface area (Å²) in [6.45, 7) is 6.31. The summed E-state index contributed by atoms with van der Waals surface area (Å²) < 4.78 is 0. The number of rotatable bonds is 3. The Hall–Kier alpha value is -0.570. The summed E-state index contributed by atoms with van der Waals surface area (Å²) in [7, 11) is 0. The van der Waals surface area contributed by atoms with Gasteiger partial charge in [0.1, 0.15) is 0 Å². The lowest BCUT2D eigenvalue weighted by molar-refractivity contribution is -0.152. The minimum atomic E-state index is -0.584. The number of piperidine rings is 1. The highest BCUT2D eigenvalue weighted by Gasteiger charge is 2.41. The average Bonchev–Trinajstić information content (AvgIpc) is 2.76. The third-order valence-corrected chi connectivity index (χ3v) is 5.07. The van der Waals surface area contributed by atoms with Crippen LogP contribution in [-0.2, 0) is 4.79 Å². The van der Waals surface area contributed by atoms with Crippen LogP contribution in [0.2, 0.25) is 0 Å². The number of carbonyl (C=O) groups is 1. The maximum absolute atomic E-state index is 11.4. The molecule has 17 heavy (non-hydrogen) atoms. The van der Waals surface area contributed by atoms with E-state index in [9.17, 15) is 9.90 Å². The van der Waals surface area contributed by atoms with Gasteiger partial charge in [-0.2, -0.15) is 0 Å². The van der Waals surface area contributed by atoms with E-state index in [0.717, 1.165) is 44.3 Å². The van der Waals surface area contributed by atoms with Gasteiger partial charge < -0.3 is 10.0 Å². The van der Waals surface area contributed by atoms with Crippen LogP contribution in [0.15, 0.2) is 0 Å². The highest BCUT2D eigenvalue weighted by Crippen LogP contribution is 2.38. The highest BCUT2D eigenvalue weighted by molar-refractivity contribution is 5.74. The van der Waals surface area contributed by atoms with Crippen LogP contribution in [0, 0.1) is 11.3 Å². The quantitative estimate of drug-likeness (QED) is 0.823. The molecular weight excluding hydrogens is 214 g/mol. The number of likely N-dealkylation sites (tertiary alicyclic amines) is 1. The molecule has 2 rings (SSSR count). The van der Waals surface area contributed by atoms with Gasteiger partial charge in [0, 0.05) is 6.04 Å². The van der Waals surface area contributed by atoms with Crippen molar-refractivity contribution >= 4 is 5.97 Å². The van der Waals surface area contributed by atoms with Crippen LogP contribution in [-0.4, -0.2) is 35.1 Å². The molecule has 0 radical (unpaired) electrons. The molecule has 2 fully saturated rings. The monoisotopic (exact) mass is 239 g/mol. The molecule has 0 aromatic heterocycles. The van der Waals surface area contributed by atoms with Crippen molar-refractivity contribution in [3.8, 4) is 0 Å². The van der Waals surface area contributed by atoms with E-state index in [0.29, 0.717) is 0 Å². The predicted molar refractivity (Wildman–Crippen MR) is 68.0 cm³/mol. The minimum absolute atomic E-state index is 0.430. The first-order chi connectivity index (χ1) is 8.07. The van der Waals surface area contributed by atoms with E-state index in [2.05, 4.69) is 11.8 Å². The lowest BCUT2D eigenvalue weighted by atomic mass is 9.76. The summed E-state index contributed by atoms with van der Waals surface area (Å²) in [6, 6.07) is 0.730. The first-order valence-corrected chi connectivity index (χ1v) is 7.05. The molecule has 0 amide bonds. The summed E-state index contributed by atoms with van der Waals surface area (Å²) >= 11 is 0. The molecule has 3 heteroatoms. The van der Waals surface area contributed by atoms with E-state index in [4.69, 9.17) is 0 Å². The van der Waals surface area contributed by atoms with Gasteiger partial charge in [0.05, 0.1) is 5.41 Å². The Morgan fingerprint density at radius 2 is 2.00 bits per heavy atom. The van der Waals surface area contributed by atoms with Gasteiger partial charge in [0.2, 0.25) is 0 Å². The van der Waals surface area contributed by atoms with Crippen LogP contribution in [0.4, 0.5) is 0 Å². The van der Waals surface area contributed by atoms with E-state index in [1.54, 1.807) is 0 Å². The molecule has 1 N–H and O–H groups in total. The van der Waals surface area contributed by atoms with Gasteiger partial charge >= 0.3 is 5.97 Å². The molecule has 2 unspecified atom stereocenters. The Morgan fingerprint density at radius 1 is 1.35 bits per heavy atom. The first-order valence-electron chi connectivity index (χ1n) is 7.05. The predicted octanol–water partition coefficient (Wildman–Crippen LogP) is 2.75. The second kappa shape index (κ2) is 4.97. The summed E-state index contributed by atoms with van der Waals surface area (Å²) in [5.74, 6) is 0.275. The first kappa shape index (κ1) is 12.9. The second-order valence-corrected chi connectivity index (χ2v) is 6.05. The van der Waals surface area contributed by atoms with Gasteiger partial charge in [-0.3, -0.25) is 4.79 Å². The van der Waals surface area contributed by atoms with Crippen LogP contribution in [0.25, 0.3) is 0 Å². The number of aliphatic carboxylic acids is 1. The summed E-state index contributed by atoms with van der Waals surface area (Å²) in [6.07, 6.45) is 6.42. The zero-order valence-corrected chi connectivity index (χ0v) is 11.1. The molecule has 0 aromatic carbocycles. The third kappa shape index (κ3) is 2.49. The van der Waals surface area contributed by atoms with Crippen molar-refractivity contribution in [2.45, 2.75) is 58.4 Å². The molecule has 3 nitrogen and oxygen atoms in total. The van der Waals surface area contributed by atoms with Gasteiger partial charge in [-0.15, -0.1) is 0 Å². The zero-order valence-electron chi connectivity index (χ0n) is 11.1. The fourth-order valence-corrected chi connectivity index (χ4v) is 3.54. The van der Waals surface area contributed by atoms with Gasteiger partial charge in [-0.05, 0) is 57.5 Å². The fraction of sp³-hybridized carbons (Fsp3) is 0.929. The maximum atomic E-state index is 11.4. The Labute approximate surface area is 104 Å². The van der Waals surface area contributed by atoms with Gasteiger partial charge in [-0.25, -0.2) is 0 Å². The number of hydrogen-bond acceptors (Lipinski definition) is 2. The van der Waals surface area contributed by atoms with Crippen molar-refractivity contribution in [1.29, 1.82) is 0 Å². The van der Waals surface area contributed by atoms with Crippen LogP contribution in [0.5, 0.6) is 0 Å². The number of carboxylic acid groups (broad SMARTS) is 1. The van der Waals surface area contributed by atoms with Crippen LogP contribution < -0.4 is 0 Å². The molecule has 2 aliphatic rings. The molecule has 1 heterocycles. The van der Waals surface area contributed by atoms with Crippen molar-refractivity contribution < 1.29 is 9.90 Å². The van der Waals surface area contributed by atoms with Gasteiger partial charge in [0.25, 0.3) is 0 Å². The van der Waals surface area contributed by atoms with Crippen molar-refractivity contribution in [3.05, 3.63) is 0 Å². The highest BCUT2D eigenvalue weighted by atomic mass is 16.4. The molecule has 1 aliphatic carbocycles. The summed E-state index contributed by atoms with van der Waals surface area (Å²) in [5, 5.41) is 9.36. The lowest BCUT2D eigenvalue weighted by Gasteiger charge is -2.41. The van der Waals surface area contributed by atoms with Crippen molar-refractivity contribution in [2.24, 2.45) is 11.3 Å². The largest absolute Gasteiger partial charge is 0.481 e. The normalized spacial score (nSPS) is 33.8. The molecule has 1 saturated carbocycles. The van der Waals surface area contributed by atoms with Crippen molar-refractivity contribution in [1.82, 2.24) is 4.90 Å². The van der Waals surface area contributed by atoms with Crippen LogP contribution in [0.3, 0.4) is 0 Å². The molecule has 2 atom stereocenters. The molecule has 1 aliphatic heterocycles. The van der Waals surface area contributed by atoms with Crippen LogP contribution in [0.1, 0.15) is 52.4 Å². The van der Waals surface area contributed by atoms with E-state index in [1.807, 2.05) is 6.92 Å². The van der Waals surface area contributed by atoms with E-state index >= 15 is 0 Å². The summed E-state index contributed by atoms with van der Waals surface area (Å²) in [4.78, 5) is 13.9.